The summed E-state index contributed by atoms with van der Waals surface area (Å²) in [5.41, 5.74) is 0.462. The van der Waals surface area contributed by atoms with Gasteiger partial charge in [0, 0.05) is 6.54 Å². The number of hydrogen-bond acceptors (Lipinski definition) is 4. The van der Waals surface area contributed by atoms with Crippen LogP contribution in [-0.4, -0.2) is 30.3 Å². The fourth-order valence-corrected chi connectivity index (χ4v) is 2.66. The number of unbranched alkanes of at least 4 members (excludes halogenated alkanes) is 2. The average molecular weight is 307 g/mol. The molecule has 2 rings (SSSR count). The number of amides is 1. The van der Waals surface area contributed by atoms with Gasteiger partial charge in [0.25, 0.3) is 5.91 Å². The van der Waals surface area contributed by atoms with Crippen LogP contribution in [0.3, 0.4) is 0 Å². The predicted molar refractivity (Wildman–Crippen MR) is 85.5 cm³/mol. The Hall–Kier alpha value is -1.75. The summed E-state index contributed by atoms with van der Waals surface area (Å²) in [4.78, 5) is 14.5. The van der Waals surface area contributed by atoms with Gasteiger partial charge in [-0.25, -0.2) is 0 Å². The number of rotatable bonds is 6. The maximum Gasteiger partial charge on any atom is 0.270 e. The highest BCUT2D eigenvalue weighted by atomic mass is 16.5. The van der Waals surface area contributed by atoms with Gasteiger partial charge >= 0.3 is 0 Å². The van der Waals surface area contributed by atoms with Crippen LogP contribution < -0.4 is 14.4 Å². The van der Waals surface area contributed by atoms with E-state index < -0.39 is 5.60 Å². The third-order valence-electron chi connectivity index (χ3n) is 3.89. The third kappa shape index (κ3) is 3.04. The number of hydrogen-bond donors (Lipinski definition) is 1. The highest BCUT2D eigenvalue weighted by molar-refractivity contribution is 6.03. The van der Waals surface area contributed by atoms with Gasteiger partial charge < -0.3 is 19.5 Å². The Morgan fingerprint density at radius 3 is 2.64 bits per heavy atom. The normalized spacial score (nSPS) is 16.2. The van der Waals surface area contributed by atoms with Crippen LogP contribution >= 0.6 is 0 Å². The Morgan fingerprint density at radius 1 is 1.32 bits per heavy atom. The fraction of sp³-hybridized carbons (Fsp3) is 0.588. The molecule has 0 aliphatic carbocycles. The van der Waals surface area contributed by atoms with Crippen molar-refractivity contribution in [3.05, 3.63) is 17.7 Å². The van der Waals surface area contributed by atoms with Crippen LogP contribution in [0.15, 0.2) is 12.1 Å². The van der Waals surface area contributed by atoms with Gasteiger partial charge in [-0.15, -0.1) is 0 Å². The number of methoxy groups -OCH3 is 1. The van der Waals surface area contributed by atoms with Crippen LogP contribution in [0, 0.1) is 0 Å². The van der Waals surface area contributed by atoms with Gasteiger partial charge in [0.05, 0.1) is 19.4 Å². The van der Waals surface area contributed by atoms with Crippen molar-refractivity contribution in [3.63, 3.8) is 0 Å². The molecule has 0 aromatic heterocycles. The molecule has 0 saturated heterocycles. The molecule has 0 unspecified atom stereocenters. The molecule has 122 valence electrons. The lowest BCUT2D eigenvalue weighted by atomic mass is 10.0. The summed E-state index contributed by atoms with van der Waals surface area (Å²) in [6, 6.07) is 3.55. The van der Waals surface area contributed by atoms with E-state index >= 15 is 0 Å². The molecular formula is C17H25NO4. The Balaban J connectivity index is 2.48. The molecule has 22 heavy (non-hydrogen) atoms. The van der Waals surface area contributed by atoms with E-state index in [1.165, 1.54) is 0 Å². The van der Waals surface area contributed by atoms with E-state index in [9.17, 15) is 9.90 Å². The minimum Gasteiger partial charge on any atom is -0.493 e. The van der Waals surface area contributed by atoms with Gasteiger partial charge in [-0.2, -0.15) is 0 Å². The summed E-state index contributed by atoms with van der Waals surface area (Å²) in [5.74, 6) is 1.05. The van der Waals surface area contributed by atoms with Crippen LogP contribution in [-0.2, 0) is 11.4 Å². The zero-order valence-electron chi connectivity index (χ0n) is 13.8. The topological polar surface area (TPSA) is 59.0 Å². The third-order valence-corrected chi connectivity index (χ3v) is 3.89. The summed E-state index contributed by atoms with van der Waals surface area (Å²) < 4.78 is 11.3. The fourth-order valence-electron chi connectivity index (χ4n) is 2.66. The van der Waals surface area contributed by atoms with Crippen LogP contribution in [0.25, 0.3) is 0 Å². The summed E-state index contributed by atoms with van der Waals surface area (Å²) in [5, 5.41) is 9.43. The molecule has 0 saturated carbocycles. The number of aliphatic hydroxyl groups is 1. The average Bonchev–Trinajstić information content (AvgIpc) is 2.50. The number of benzene rings is 1. The highest BCUT2D eigenvalue weighted by Crippen LogP contribution is 2.45. The second-order valence-corrected chi connectivity index (χ2v) is 6.08. The molecule has 5 nitrogen and oxygen atoms in total. The number of anilines is 1. The predicted octanol–water partition coefficient (Wildman–Crippen LogP) is 2.88. The number of nitrogens with zero attached hydrogens (tertiary/aromatic N) is 1. The number of carbonyl (C=O) groups is 1. The lowest BCUT2D eigenvalue weighted by Gasteiger charge is -2.39. The molecule has 0 atom stereocenters. The van der Waals surface area contributed by atoms with E-state index in [2.05, 4.69) is 6.92 Å². The maximum absolute atomic E-state index is 12.7. The molecule has 1 N–H and O–H groups in total. The van der Waals surface area contributed by atoms with Gasteiger partial charge in [0.15, 0.2) is 17.1 Å². The van der Waals surface area contributed by atoms with Crippen molar-refractivity contribution in [1.82, 2.24) is 0 Å². The SMILES string of the molecule is CCCCCN1C(=O)C(C)(C)Oc2c(OC)cc(CO)cc21. The van der Waals surface area contributed by atoms with E-state index in [4.69, 9.17) is 9.47 Å². The van der Waals surface area contributed by atoms with Crippen molar-refractivity contribution in [2.24, 2.45) is 0 Å². The molecular weight excluding hydrogens is 282 g/mol. The first-order valence-electron chi connectivity index (χ1n) is 7.77. The Morgan fingerprint density at radius 2 is 2.05 bits per heavy atom. The van der Waals surface area contributed by atoms with Gasteiger partial charge in [0.2, 0.25) is 0 Å². The van der Waals surface area contributed by atoms with Crippen molar-refractivity contribution in [2.75, 3.05) is 18.6 Å². The number of fused-ring (bicyclic) bond motifs is 1. The molecule has 1 aromatic rings. The Labute approximate surface area is 131 Å². The summed E-state index contributed by atoms with van der Waals surface area (Å²) in [6.45, 7) is 6.20. The van der Waals surface area contributed by atoms with Crippen LogP contribution in [0.1, 0.15) is 45.6 Å². The molecule has 5 heteroatoms. The standard InChI is InChI=1S/C17H25NO4/c1-5-6-7-8-18-13-9-12(11-19)10-14(21-4)15(13)22-17(2,3)16(18)20/h9-10,19H,5-8,11H2,1-4H3. The van der Waals surface area contributed by atoms with Crippen molar-refractivity contribution < 1.29 is 19.4 Å². The lowest BCUT2D eigenvalue weighted by Crippen LogP contribution is -2.52. The van der Waals surface area contributed by atoms with E-state index in [1.807, 2.05) is 0 Å². The molecule has 1 aliphatic heterocycles. The zero-order chi connectivity index (χ0) is 16.3. The minimum atomic E-state index is -0.923. The van der Waals surface area contributed by atoms with Gasteiger partial charge in [0.1, 0.15) is 0 Å². The second kappa shape index (κ2) is 6.57. The summed E-state index contributed by atoms with van der Waals surface area (Å²) in [7, 11) is 1.56. The number of carbonyl (C=O) groups excluding carboxylic acids is 1. The van der Waals surface area contributed by atoms with Gasteiger partial charge in [-0.05, 0) is 38.0 Å². The summed E-state index contributed by atoms with van der Waals surface area (Å²) >= 11 is 0. The van der Waals surface area contributed by atoms with E-state index in [1.54, 1.807) is 38.0 Å². The van der Waals surface area contributed by atoms with Crippen molar-refractivity contribution in [1.29, 1.82) is 0 Å². The van der Waals surface area contributed by atoms with Crippen LogP contribution in [0.4, 0.5) is 5.69 Å². The van der Waals surface area contributed by atoms with Gasteiger partial charge in [-0.1, -0.05) is 19.8 Å². The smallest absolute Gasteiger partial charge is 0.270 e. The van der Waals surface area contributed by atoms with E-state index in [0.29, 0.717) is 29.3 Å². The number of aliphatic hydroxyl groups excluding tert-OH is 1. The minimum absolute atomic E-state index is 0.0618. The highest BCUT2D eigenvalue weighted by Gasteiger charge is 2.42. The zero-order valence-corrected chi connectivity index (χ0v) is 13.8. The molecule has 0 bridgehead atoms. The Kier molecular flexibility index (Phi) is 4.96. The first-order chi connectivity index (χ1) is 10.4. The molecule has 0 spiro atoms. The number of ether oxygens (including phenoxy) is 2. The lowest BCUT2D eigenvalue weighted by molar-refractivity contribution is -0.132. The van der Waals surface area contributed by atoms with Crippen molar-refractivity contribution in [3.8, 4) is 11.5 Å². The van der Waals surface area contributed by atoms with E-state index in [-0.39, 0.29) is 12.5 Å². The first-order valence-corrected chi connectivity index (χ1v) is 7.77. The molecule has 1 aliphatic rings. The first kappa shape index (κ1) is 16.6. The largest absolute Gasteiger partial charge is 0.493 e. The van der Waals surface area contributed by atoms with E-state index in [0.717, 1.165) is 19.3 Å². The quantitative estimate of drug-likeness (QED) is 0.821. The summed E-state index contributed by atoms with van der Waals surface area (Å²) in [6.07, 6.45) is 3.09. The molecule has 1 amide bonds. The van der Waals surface area contributed by atoms with Crippen molar-refractivity contribution in [2.45, 2.75) is 52.2 Å². The molecule has 0 radical (unpaired) electrons. The molecule has 1 aromatic carbocycles. The van der Waals surface area contributed by atoms with Crippen molar-refractivity contribution >= 4 is 11.6 Å². The maximum atomic E-state index is 12.7. The Bertz CT molecular complexity index is 554. The second-order valence-electron chi connectivity index (χ2n) is 6.08. The molecule has 1 heterocycles. The van der Waals surface area contributed by atoms with Gasteiger partial charge in [-0.3, -0.25) is 4.79 Å². The van der Waals surface area contributed by atoms with Crippen LogP contribution in [0.5, 0.6) is 11.5 Å². The monoisotopic (exact) mass is 307 g/mol. The van der Waals surface area contributed by atoms with Crippen LogP contribution in [0.2, 0.25) is 0 Å². The molecule has 0 fully saturated rings.